The second-order valence-corrected chi connectivity index (χ2v) is 6.41. The molecule has 0 aliphatic heterocycles. The smallest absolute Gasteiger partial charge is 0.0987 e. The summed E-state index contributed by atoms with van der Waals surface area (Å²) in [6, 6.07) is 8.72. The third-order valence-corrected chi connectivity index (χ3v) is 4.74. The molecule has 2 aromatic rings. The zero-order valence-electron chi connectivity index (χ0n) is 13.4. The first-order valence-electron chi connectivity index (χ1n) is 7.53. The van der Waals surface area contributed by atoms with Crippen molar-refractivity contribution in [3.63, 3.8) is 0 Å². The van der Waals surface area contributed by atoms with E-state index in [-0.39, 0.29) is 0 Å². The SMILES string of the molecule is CCCNCc1c(C)nn(C)c1SCc1cccc(C)c1. The maximum atomic E-state index is 4.58. The van der Waals surface area contributed by atoms with Crippen LogP contribution in [0.2, 0.25) is 0 Å². The molecule has 0 aliphatic carbocycles. The highest BCUT2D eigenvalue weighted by Crippen LogP contribution is 2.28. The van der Waals surface area contributed by atoms with Crippen LogP contribution in [-0.2, 0) is 19.3 Å². The van der Waals surface area contributed by atoms with Crippen LogP contribution >= 0.6 is 11.8 Å². The molecule has 0 bridgehead atoms. The van der Waals surface area contributed by atoms with E-state index in [1.54, 1.807) is 0 Å². The fourth-order valence-electron chi connectivity index (χ4n) is 2.41. The van der Waals surface area contributed by atoms with Crippen LogP contribution in [-0.4, -0.2) is 16.3 Å². The van der Waals surface area contributed by atoms with E-state index in [0.717, 1.165) is 31.0 Å². The third kappa shape index (κ3) is 4.35. The lowest BCUT2D eigenvalue weighted by atomic mass is 10.2. The number of thioether (sulfide) groups is 1. The number of nitrogens with zero attached hydrogens (tertiary/aromatic N) is 2. The molecule has 0 saturated heterocycles. The molecule has 21 heavy (non-hydrogen) atoms. The highest BCUT2D eigenvalue weighted by atomic mass is 32.2. The highest BCUT2D eigenvalue weighted by Gasteiger charge is 2.13. The number of rotatable bonds is 7. The number of benzene rings is 1. The van der Waals surface area contributed by atoms with E-state index < -0.39 is 0 Å². The molecule has 1 heterocycles. The fourth-order valence-corrected chi connectivity index (χ4v) is 3.51. The van der Waals surface area contributed by atoms with Crippen molar-refractivity contribution in [2.24, 2.45) is 7.05 Å². The van der Waals surface area contributed by atoms with E-state index >= 15 is 0 Å². The zero-order chi connectivity index (χ0) is 15.2. The number of aromatic nitrogens is 2. The molecule has 1 aromatic heterocycles. The van der Waals surface area contributed by atoms with Gasteiger partial charge in [0.05, 0.1) is 10.7 Å². The molecule has 0 radical (unpaired) electrons. The van der Waals surface area contributed by atoms with Crippen LogP contribution in [0.5, 0.6) is 0 Å². The Morgan fingerprint density at radius 3 is 2.81 bits per heavy atom. The standard InChI is InChI=1S/C17H25N3S/c1-5-9-18-11-16-14(3)19-20(4)17(16)21-12-15-8-6-7-13(2)10-15/h6-8,10,18H,5,9,11-12H2,1-4H3. The summed E-state index contributed by atoms with van der Waals surface area (Å²) < 4.78 is 2.01. The summed E-state index contributed by atoms with van der Waals surface area (Å²) in [5.74, 6) is 0.988. The van der Waals surface area contributed by atoms with Crippen molar-refractivity contribution in [2.75, 3.05) is 6.54 Å². The molecule has 4 heteroatoms. The van der Waals surface area contributed by atoms with Crippen molar-refractivity contribution in [2.45, 2.75) is 44.5 Å². The Morgan fingerprint density at radius 1 is 1.29 bits per heavy atom. The largest absolute Gasteiger partial charge is 0.313 e. The van der Waals surface area contributed by atoms with Gasteiger partial charge in [-0.3, -0.25) is 4.68 Å². The van der Waals surface area contributed by atoms with Crippen molar-refractivity contribution in [3.05, 3.63) is 46.6 Å². The van der Waals surface area contributed by atoms with E-state index in [1.807, 2.05) is 23.5 Å². The zero-order valence-corrected chi connectivity index (χ0v) is 14.3. The van der Waals surface area contributed by atoms with Crippen LogP contribution in [0.3, 0.4) is 0 Å². The summed E-state index contributed by atoms with van der Waals surface area (Å²) >= 11 is 1.87. The van der Waals surface area contributed by atoms with E-state index in [4.69, 9.17) is 0 Å². The lowest BCUT2D eigenvalue weighted by Gasteiger charge is -2.08. The molecular formula is C17H25N3S. The van der Waals surface area contributed by atoms with Gasteiger partial charge in [0.15, 0.2) is 0 Å². The first-order chi connectivity index (χ1) is 10.1. The molecule has 0 fully saturated rings. The number of hydrogen-bond donors (Lipinski definition) is 1. The Bertz CT molecular complexity index is 590. The van der Waals surface area contributed by atoms with Crippen LogP contribution in [0.15, 0.2) is 29.3 Å². The van der Waals surface area contributed by atoms with Gasteiger partial charge in [-0.2, -0.15) is 5.10 Å². The minimum absolute atomic E-state index is 0.906. The Balaban J connectivity index is 2.08. The third-order valence-electron chi connectivity index (χ3n) is 3.48. The Morgan fingerprint density at radius 2 is 2.10 bits per heavy atom. The van der Waals surface area contributed by atoms with Gasteiger partial charge in [0.25, 0.3) is 0 Å². The second-order valence-electron chi connectivity index (χ2n) is 5.45. The number of hydrogen-bond acceptors (Lipinski definition) is 3. The molecule has 0 unspecified atom stereocenters. The molecule has 1 aromatic carbocycles. The van der Waals surface area contributed by atoms with E-state index in [9.17, 15) is 0 Å². The van der Waals surface area contributed by atoms with E-state index in [0.29, 0.717) is 0 Å². The van der Waals surface area contributed by atoms with Gasteiger partial charge >= 0.3 is 0 Å². The molecular weight excluding hydrogens is 278 g/mol. The maximum Gasteiger partial charge on any atom is 0.0987 e. The molecule has 0 amide bonds. The van der Waals surface area contributed by atoms with Gasteiger partial charge in [-0.05, 0) is 32.4 Å². The summed E-state index contributed by atoms with van der Waals surface area (Å²) in [6.45, 7) is 8.39. The van der Waals surface area contributed by atoms with Crippen molar-refractivity contribution < 1.29 is 0 Å². The molecule has 114 valence electrons. The predicted molar refractivity (Wildman–Crippen MR) is 90.7 cm³/mol. The fraction of sp³-hybridized carbons (Fsp3) is 0.471. The van der Waals surface area contributed by atoms with Crippen molar-refractivity contribution in [3.8, 4) is 0 Å². The average Bonchev–Trinajstić information content (AvgIpc) is 2.71. The van der Waals surface area contributed by atoms with Crippen LogP contribution in [0.25, 0.3) is 0 Å². The molecule has 0 saturated carbocycles. The van der Waals surface area contributed by atoms with E-state index in [1.165, 1.54) is 21.7 Å². The first kappa shape index (κ1) is 16.1. The first-order valence-corrected chi connectivity index (χ1v) is 8.52. The average molecular weight is 303 g/mol. The van der Waals surface area contributed by atoms with Crippen LogP contribution < -0.4 is 5.32 Å². The topological polar surface area (TPSA) is 29.9 Å². The van der Waals surface area contributed by atoms with Gasteiger partial charge in [0.1, 0.15) is 0 Å². The minimum atomic E-state index is 0.906. The Hall–Kier alpha value is -1.26. The minimum Gasteiger partial charge on any atom is -0.313 e. The number of aryl methyl sites for hydroxylation is 3. The summed E-state index contributed by atoms with van der Waals surface area (Å²) in [5, 5.41) is 9.34. The van der Waals surface area contributed by atoms with Gasteiger partial charge in [-0.25, -0.2) is 0 Å². The second kappa shape index (κ2) is 7.66. The lowest BCUT2D eigenvalue weighted by Crippen LogP contribution is -2.14. The van der Waals surface area contributed by atoms with Gasteiger partial charge < -0.3 is 5.32 Å². The van der Waals surface area contributed by atoms with Crippen molar-refractivity contribution in [1.82, 2.24) is 15.1 Å². The molecule has 3 nitrogen and oxygen atoms in total. The maximum absolute atomic E-state index is 4.58. The molecule has 1 N–H and O–H groups in total. The lowest BCUT2D eigenvalue weighted by molar-refractivity contribution is 0.653. The van der Waals surface area contributed by atoms with Crippen LogP contribution in [0.1, 0.15) is 35.7 Å². The van der Waals surface area contributed by atoms with Gasteiger partial charge in [-0.1, -0.05) is 36.8 Å². The summed E-state index contributed by atoms with van der Waals surface area (Å²) in [4.78, 5) is 0. The monoisotopic (exact) mass is 303 g/mol. The Labute approximate surface area is 132 Å². The molecule has 0 spiro atoms. The quantitative estimate of drug-likeness (QED) is 0.623. The van der Waals surface area contributed by atoms with Crippen LogP contribution in [0, 0.1) is 13.8 Å². The summed E-state index contributed by atoms with van der Waals surface area (Å²) in [5.41, 5.74) is 5.15. The summed E-state index contributed by atoms with van der Waals surface area (Å²) in [6.07, 6.45) is 1.16. The van der Waals surface area contributed by atoms with Gasteiger partial charge in [-0.15, -0.1) is 11.8 Å². The van der Waals surface area contributed by atoms with Gasteiger partial charge in [0, 0.05) is 24.9 Å². The van der Waals surface area contributed by atoms with Gasteiger partial charge in [0.2, 0.25) is 0 Å². The number of nitrogens with one attached hydrogen (secondary N) is 1. The highest BCUT2D eigenvalue weighted by molar-refractivity contribution is 7.98. The normalized spacial score (nSPS) is 11.0. The molecule has 0 atom stereocenters. The summed E-state index contributed by atoms with van der Waals surface area (Å²) in [7, 11) is 2.04. The van der Waals surface area contributed by atoms with E-state index in [2.05, 4.69) is 55.5 Å². The Kier molecular flexibility index (Phi) is 5.88. The van der Waals surface area contributed by atoms with Crippen LogP contribution in [0.4, 0.5) is 0 Å². The van der Waals surface area contributed by atoms with Crippen molar-refractivity contribution in [1.29, 1.82) is 0 Å². The molecule has 2 rings (SSSR count). The predicted octanol–water partition coefficient (Wildman–Crippen LogP) is 3.83. The molecule has 0 aliphatic rings. The van der Waals surface area contributed by atoms with Crippen molar-refractivity contribution >= 4 is 11.8 Å².